The molecule has 2 aromatic rings. The Morgan fingerprint density at radius 3 is 2.58 bits per heavy atom. The molecule has 0 radical (unpaired) electrons. The van der Waals surface area contributed by atoms with E-state index in [0.717, 1.165) is 12.1 Å². The number of aromatic nitrogens is 1. The summed E-state index contributed by atoms with van der Waals surface area (Å²) in [5.41, 5.74) is 1.01. The topological polar surface area (TPSA) is 58.7 Å². The number of carbonyl (C=O) groups is 2. The predicted molar refractivity (Wildman–Crippen MR) is 100 cm³/mol. The third kappa shape index (κ3) is 5.37. The third-order valence-corrected chi connectivity index (χ3v) is 4.18. The van der Waals surface area contributed by atoms with E-state index in [1.807, 2.05) is 42.9 Å². The summed E-state index contributed by atoms with van der Waals surface area (Å²) < 4.78 is 7.38. The second-order valence-corrected chi connectivity index (χ2v) is 6.25. The Morgan fingerprint density at radius 2 is 2.00 bits per heavy atom. The van der Waals surface area contributed by atoms with Crippen molar-refractivity contribution >= 4 is 11.8 Å². The molecule has 0 spiro atoms. The van der Waals surface area contributed by atoms with E-state index >= 15 is 0 Å². The van der Waals surface area contributed by atoms with E-state index in [1.165, 1.54) is 0 Å². The van der Waals surface area contributed by atoms with Crippen LogP contribution in [-0.2, 0) is 29.7 Å². The summed E-state index contributed by atoms with van der Waals surface area (Å²) in [5.74, 6) is 0.564. The molecule has 2 heterocycles. The number of nitrogens with zero attached hydrogens (tertiary/aromatic N) is 3. The van der Waals surface area contributed by atoms with Crippen molar-refractivity contribution in [3.05, 3.63) is 60.8 Å². The van der Waals surface area contributed by atoms with Gasteiger partial charge in [0, 0.05) is 31.9 Å². The molecule has 26 heavy (non-hydrogen) atoms. The lowest BCUT2D eigenvalue weighted by atomic mass is 10.2. The van der Waals surface area contributed by atoms with Gasteiger partial charge in [-0.2, -0.15) is 0 Å². The Morgan fingerprint density at radius 1 is 1.19 bits per heavy atom. The fraction of sp³-hybridized carbons (Fsp3) is 0.400. The Labute approximate surface area is 154 Å². The Bertz CT molecular complexity index is 719. The highest BCUT2D eigenvalue weighted by atomic mass is 16.3. The lowest BCUT2D eigenvalue weighted by Gasteiger charge is -2.27. The number of rotatable bonds is 10. The largest absolute Gasteiger partial charge is 0.467 e. The van der Waals surface area contributed by atoms with Gasteiger partial charge in [-0.15, -0.1) is 6.58 Å². The molecular formula is C20H27N3O3. The van der Waals surface area contributed by atoms with E-state index in [4.69, 9.17) is 4.42 Å². The van der Waals surface area contributed by atoms with Crippen LogP contribution in [0.1, 0.15) is 31.2 Å². The van der Waals surface area contributed by atoms with Crippen LogP contribution in [0.5, 0.6) is 0 Å². The van der Waals surface area contributed by atoms with E-state index in [2.05, 4.69) is 6.58 Å². The summed E-state index contributed by atoms with van der Waals surface area (Å²) in [6.45, 7) is 6.86. The van der Waals surface area contributed by atoms with E-state index in [0.29, 0.717) is 31.8 Å². The van der Waals surface area contributed by atoms with Crippen LogP contribution in [0, 0.1) is 0 Å². The van der Waals surface area contributed by atoms with Crippen molar-refractivity contribution in [3.63, 3.8) is 0 Å². The molecular weight excluding hydrogens is 330 g/mol. The number of hydrogen-bond donors (Lipinski definition) is 0. The highest BCUT2D eigenvalue weighted by Gasteiger charge is 2.22. The standard InChI is InChI=1S/C20H27N3O3/c1-4-8-19(24)22(11-5-2)16-20(25)23(15-18-10-7-13-26-18)14-17-9-6-12-21(17)3/h5-7,9-10,12-13H,2,4,8,11,14-16H2,1,3H3. The van der Waals surface area contributed by atoms with Crippen LogP contribution in [-0.4, -0.2) is 39.3 Å². The van der Waals surface area contributed by atoms with Gasteiger partial charge in [-0.3, -0.25) is 9.59 Å². The average Bonchev–Trinajstić information content (AvgIpc) is 3.26. The molecule has 6 heteroatoms. The zero-order valence-corrected chi connectivity index (χ0v) is 15.6. The molecule has 0 fully saturated rings. The first-order valence-corrected chi connectivity index (χ1v) is 8.84. The molecule has 0 saturated carbocycles. The molecule has 0 aliphatic rings. The maximum absolute atomic E-state index is 12.9. The highest BCUT2D eigenvalue weighted by Crippen LogP contribution is 2.12. The second-order valence-electron chi connectivity index (χ2n) is 6.25. The van der Waals surface area contributed by atoms with Crippen LogP contribution >= 0.6 is 0 Å². The summed E-state index contributed by atoms with van der Waals surface area (Å²) >= 11 is 0. The molecule has 0 N–H and O–H groups in total. The van der Waals surface area contributed by atoms with E-state index in [-0.39, 0.29) is 18.4 Å². The first-order valence-electron chi connectivity index (χ1n) is 8.84. The Hall–Kier alpha value is -2.76. The van der Waals surface area contributed by atoms with E-state index < -0.39 is 0 Å². The fourth-order valence-electron chi connectivity index (χ4n) is 2.72. The zero-order valence-electron chi connectivity index (χ0n) is 15.6. The zero-order chi connectivity index (χ0) is 18.9. The minimum Gasteiger partial charge on any atom is -0.467 e. The van der Waals surface area contributed by atoms with Crippen molar-refractivity contribution in [2.45, 2.75) is 32.9 Å². The van der Waals surface area contributed by atoms with Gasteiger partial charge in [-0.05, 0) is 30.7 Å². The number of hydrogen-bond acceptors (Lipinski definition) is 3. The quantitative estimate of drug-likeness (QED) is 0.614. The molecule has 2 aromatic heterocycles. The van der Waals surface area contributed by atoms with Crippen molar-refractivity contribution in [2.75, 3.05) is 13.1 Å². The van der Waals surface area contributed by atoms with Gasteiger partial charge < -0.3 is 18.8 Å². The van der Waals surface area contributed by atoms with Gasteiger partial charge in [0.2, 0.25) is 11.8 Å². The lowest BCUT2D eigenvalue weighted by molar-refractivity contribution is -0.141. The predicted octanol–water partition coefficient (Wildman–Crippen LogP) is 2.96. The molecule has 140 valence electrons. The molecule has 0 aliphatic carbocycles. The van der Waals surface area contributed by atoms with E-state index in [9.17, 15) is 9.59 Å². The van der Waals surface area contributed by atoms with Gasteiger partial charge in [0.15, 0.2) is 0 Å². The summed E-state index contributed by atoms with van der Waals surface area (Å²) in [5, 5.41) is 0. The monoisotopic (exact) mass is 357 g/mol. The van der Waals surface area contributed by atoms with Crippen molar-refractivity contribution in [1.82, 2.24) is 14.4 Å². The van der Waals surface area contributed by atoms with Gasteiger partial charge in [-0.1, -0.05) is 13.0 Å². The van der Waals surface area contributed by atoms with Gasteiger partial charge >= 0.3 is 0 Å². The van der Waals surface area contributed by atoms with E-state index in [1.54, 1.807) is 28.2 Å². The highest BCUT2D eigenvalue weighted by molar-refractivity contribution is 5.85. The SMILES string of the molecule is C=CCN(CC(=O)N(Cc1ccco1)Cc1cccn1C)C(=O)CCC. The molecule has 0 aliphatic heterocycles. The molecule has 0 saturated heterocycles. The molecule has 0 unspecified atom stereocenters. The van der Waals surface area contributed by atoms with Crippen molar-refractivity contribution in [1.29, 1.82) is 0 Å². The molecule has 2 rings (SSSR count). The number of carbonyl (C=O) groups excluding carboxylic acids is 2. The van der Waals surface area contributed by atoms with Crippen LogP contribution in [0.2, 0.25) is 0 Å². The van der Waals surface area contributed by atoms with Gasteiger partial charge in [0.1, 0.15) is 12.3 Å². The second kappa shape index (κ2) is 9.65. The fourth-order valence-corrected chi connectivity index (χ4v) is 2.72. The summed E-state index contributed by atoms with van der Waals surface area (Å²) in [4.78, 5) is 28.5. The number of aryl methyl sites for hydroxylation is 1. The van der Waals surface area contributed by atoms with Crippen molar-refractivity contribution in [3.8, 4) is 0 Å². The maximum Gasteiger partial charge on any atom is 0.242 e. The van der Waals surface area contributed by atoms with Crippen LogP contribution in [0.15, 0.2) is 53.8 Å². The van der Waals surface area contributed by atoms with Crippen LogP contribution in [0.3, 0.4) is 0 Å². The number of furan rings is 1. The average molecular weight is 357 g/mol. The summed E-state index contributed by atoms with van der Waals surface area (Å²) in [6.07, 6.45) is 6.36. The Kier molecular flexibility index (Phi) is 7.26. The molecule has 0 atom stereocenters. The first kappa shape index (κ1) is 19.6. The maximum atomic E-state index is 12.9. The minimum absolute atomic E-state index is 0.0300. The summed E-state index contributed by atoms with van der Waals surface area (Å²) in [6, 6.07) is 7.57. The normalized spacial score (nSPS) is 10.5. The smallest absolute Gasteiger partial charge is 0.242 e. The molecule has 0 aromatic carbocycles. The summed E-state index contributed by atoms with van der Waals surface area (Å²) in [7, 11) is 1.94. The van der Waals surface area contributed by atoms with Crippen LogP contribution < -0.4 is 0 Å². The van der Waals surface area contributed by atoms with Gasteiger partial charge in [-0.25, -0.2) is 0 Å². The third-order valence-electron chi connectivity index (χ3n) is 4.18. The molecule has 0 bridgehead atoms. The van der Waals surface area contributed by atoms with Gasteiger partial charge in [0.05, 0.1) is 19.4 Å². The van der Waals surface area contributed by atoms with Crippen LogP contribution in [0.4, 0.5) is 0 Å². The van der Waals surface area contributed by atoms with Crippen molar-refractivity contribution in [2.24, 2.45) is 7.05 Å². The minimum atomic E-state index is -0.117. The number of amides is 2. The van der Waals surface area contributed by atoms with Crippen molar-refractivity contribution < 1.29 is 14.0 Å². The molecule has 2 amide bonds. The van der Waals surface area contributed by atoms with Crippen LogP contribution in [0.25, 0.3) is 0 Å². The van der Waals surface area contributed by atoms with Gasteiger partial charge in [0.25, 0.3) is 0 Å². The lowest BCUT2D eigenvalue weighted by Crippen LogP contribution is -2.42. The first-order chi connectivity index (χ1) is 12.5. The molecule has 6 nitrogen and oxygen atoms in total. The Balaban J connectivity index is 2.13.